The van der Waals surface area contributed by atoms with Crippen LogP contribution in [0.4, 0.5) is 5.82 Å². The molecule has 0 atom stereocenters. The standard InChI is InChI=1S/C16H26N4O2/c1-2-18-8-10-19(11-9-18)14-12-15(21)20(16(22)17-14)13-6-4-3-5-7-13/h12-13H,2-11H2,1H3,(H,17,22)/p+1. The number of piperazine rings is 1. The summed E-state index contributed by atoms with van der Waals surface area (Å²) in [5.41, 5.74) is -0.379. The average molecular weight is 307 g/mol. The van der Waals surface area contributed by atoms with Crippen molar-refractivity contribution in [3.63, 3.8) is 0 Å². The van der Waals surface area contributed by atoms with Gasteiger partial charge in [-0.15, -0.1) is 0 Å². The maximum Gasteiger partial charge on any atom is 0.330 e. The molecule has 22 heavy (non-hydrogen) atoms. The third kappa shape index (κ3) is 3.11. The fourth-order valence-electron chi connectivity index (χ4n) is 3.77. The van der Waals surface area contributed by atoms with Gasteiger partial charge in [0.1, 0.15) is 5.82 Å². The number of likely N-dealkylation sites (N-methyl/N-ethyl adjacent to an activating group) is 1. The van der Waals surface area contributed by atoms with Gasteiger partial charge in [0, 0.05) is 12.1 Å². The van der Waals surface area contributed by atoms with Gasteiger partial charge in [0.15, 0.2) is 0 Å². The van der Waals surface area contributed by atoms with Gasteiger partial charge < -0.3 is 9.80 Å². The van der Waals surface area contributed by atoms with Crippen LogP contribution in [-0.2, 0) is 0 Å². The summed E-state index contributed by atoms with van der Waals surface area (Å²) in [5.74, 6) is 0.692. The Hall–Kier alpha value is -1.56. The first kappa shape index (κ1) is 15.3. The van der Waals surface area contributed by atoms with Crippen LogP contribution in [0.25, 0.3) is 0 Å². The van der Waals surface area contributed by atoms with E-state index in [2.05, 4.69) is 16.8 Å². The summed E-state index contributed by atoms with van der Waals surface area (Å²) >= 11 is 0. The molecule has 2 heterocycles. The number of hydrogen-bond acceptors (Lipinski definition) is 3. The minimum Gasteiger partial charge on any atom is -0.347 e. The maximum atomic E-state index is 12.4. The molecule has 6 nitrogen and oxygen atoms in total. The summed E-state index contributed by atoms with van der Waals surface area (Å²) in [6.07, 6.45) is 5.33. The minimum atomic E-state index is -0.236. The summed E-state index contributed by atoms with van der Waals surface area (Å²) in [4.78, 5) is 31.5. The van der Waals surface area contributed by atoms with Crippen molar-refractivity contribution in [1.82, 2.24) is 9.55 Å². The summed E-state index contributed by atoms with van der Waals surface area (Å²) in [5, 5.41) is 0. The third-order valence-corrected chi connectivity index (χ3v) is 5.20. The largest absolute Gasteiger partial charge is 0.347 e. The number of aromatic nitrogens is 2. The van der Waals surface area contributed by atoms with Crippen molar-refractivity contribution in [1.29, 1.82) is 0 Å². The van der Waals surface area contributed by atoms with Gasteiger partial charge in [-0.3, -0.25) is 14.3 Å². The molecule has 0 unspecified atom stereocenters. The molecule has 2 fully saturated rings. The molecule has 6 heteroatoms. The first-order valence-corrected chi connectivity index (χ1v) is 8.63. The second-order valence-corrected chi connectivity index (χ2v) is 6.55. The predicted octanol–water partition coefficient (Wildman–Crippen LogP) is -0.233. The summed E-state index contributed by atoms with van der Waals surface area (Å²) in [6.45, 7) is 7.23. The number of nitrogens with zero attached hydrogens (tertiary/aromatic N) is 2. The van der Waals surface area contributed by atoms with Gasteiger partial charge in [0.05, 0.1) is 32.7 Å². The molecular weight excluding hydrogens is 280 g/mol. The van der Waals surface area contributed by atoms with E-state index in [0.717, 1.165) is 58.4 Å². The molecular formula is C16H27N4O2+. The molecule has 0 bridgehead atoms. The van der Waals surface area contributed by atoms with Gasteiger partial charge in [-0.05, 0) is 19.8 Å². The first-order valence-electron chi connectivity index (χ1n) is 8.63. The lowest BCUT2D eigenvalue weighted by Gasteiger charge is -2.32. The number of H-pyrrole nitrogens is 1. The number of aromatic amines is 1. The van der Waals surface area contributed by atoms with Crippen LogP contribution in [0, 0.1) is 0 Å². The highest BCUT2D eigenvalue weighted by Crippen LogP contribution is 2.25. The van der Waals surface area contributed by atoms with E-state index >= 15 is 0 Å². The second kappa shape index (κ2) is 6.69. The van der Waals surface area contributed by atoms with Crippen molar-refractivity contribution in [2.45, 2.75) is 45.1 Å². The second-order valence-electron chi connectivity index (χ2n) is 6.55. The molecule has 1 saturated carbocycles. The van der Waals surface area contributed by atoms with E-state index in [1.807, 2.05) is 0 Å². The van der Waals surface area contributed by atoms with E-state index < -0.39 is 0 Å². The van der Waals surface area contributed by atoms with Crippen LogP contribution in [0.5, 0.6) is 0 Å². The Morgan fingerprint density at radius 3 is 2.45 bits per heavy atom. The van der Waals surface area contributed by atoms with Crippen LogP contribution in [-0.4, -0.2) is 42.3 Å². The minimum absolute atomic E-state index is 0.0837. The number of rotatable bonds is 3. The lowest BCUT2D eigenvalue weighted by atomic mass is 9.95. The first-order chi connectivity index (χ1) is 10.7. The Morgan fingerprint density at radius 2 is 1.86 bits per heavy atom. The summed E-state index contributed by atoms with van der Waals surface area (Å²) in [6, 6.07) is 1.70. The van der Waals surface area contributed by atoms with Crippen LogP contribution in [0.15, 0.2) is 15.7 Å². The molecule has 1 saturated heterocycles. The number of nitrogens with one attached hydrogen (secondary N) is 2. The van der Waals surface area contributed by atoms with Crippen LogP contribution >= 0.6 is 0 Å². The van der Waals surface area contributed by atoms with Gasteiger partial charge in [0.25, 0.3) is 5.56 Å². The molecule has 1 aromatic heterocycles. The smallest absolute Gasteiger partial charge is 0.330 e. The average Bonchev–Trinajstić information content (AvgIpc) is 2.55. The van der Waals surface area contributed by atoms with Crippen LogP contribution in [0.3, 0.4) is 0 Å². The quantitative estimate of drug-likeness (QED) is 0.811. The lowest BCUT2D eigenvalue weighted by molar-refractivity contribution is -0.898. The Morgan fingerprint density at radius 1 is 1.18 bits per heavy atom. The molecule has 122 valence electrons. The fraction of sp³-hybridized carbons (Fsp3) is 0.750. The van der Waals surface area contributed by atoms with Crippen molar-refractivity contribution >= 4 is 5.82 Å². The zero-order valence-electron chi connectivity index (χ0n) is 13.4. The van der Waals surface area contributed by atoms with E-state index in [-0.39, 0.29) is 17.3 Å². The van der Waals surface area contributed by atoms with Gasteiger partial charge in [-0.25, -0.2) is 4.79 Å². The Kier molecular flexibility index (Phi) is 4.66. The van der Waals surface area contributed by atoms with Crippen molar-refractivity contribution in [2.75, 3.05) is 37.6 Å². The molecule has 2 aliphatic rings. The van der Waals surface area contributed by atoms with E-state index in [9.17, 15) is 9.59 Å². The predicted molar refractivity (Wildman–Crippen MR) is 86.9 cm³/mol. The normalized spacial score (nSPS) is 21.2. The van der Waals surface area contributed by atoms with Gasteiger partial charge in [-0.2, -0.15) is 0 Å². The summed E-state index contributed by atoms with van der Waals surface area (Å²) in [7, 11) is 0. The van der Waals surface area contributed by atoms with Crippen LogP contribution in [0.2, 0.25) is 0 Å². The Bertz CT molecular complexity index is 576. The van der Waals surface area contributed by atoms with E-state index in [1.165, 1.54) is 11.0 Å². The summed E-state index contributed by atoms with van der Waals surface area (Å²) < 4.78 is 1.44. The van der Waals surface area contributed by atoms with Crippen LogP contribution < -0.4 is 21.0 Å². The topological polar surface area (TPSA) is 62.5 Å². The van der Waals surface area contributed by atoms with Crippen LogP contribution in [0.1, 0.15) is 45.1 Å². The maximum absolute atomic E-state index is 12.4. The fourth-order valence-corrected chi connectivity index (χ4v) is 3.77. The number of anilines is 1. The highest BCUT2D eigenvalue weighted by Gasteiger charge is 2.22. The number of hydrogen-bond donors (Lipinski definition) is 2. The lowest BCUT2D eigenvalue weighted by Crippen LogP contribution is -3.14. The van der Waals surface area contributed by atoms with E-state index in [1.54, 1.807) is 11.0 Å². The molecule has 0 radical (unpaired) electrons. The van der Waals surface area contributed by atoms with Crippen molar-refractivity contribution in [2.24, 2.45) is 0 Å². The molecule has 0 amide bonds. The molecule has 0 aromatic carbocycles. The van der Waals surface area contributed by atoms with Crippen molar-refractivity contribution in [3.8, 4) is 0 Å². The molecule has 1 aliphatic heterocycles. The molecule has 1 aromatic rings. The SMILES string of the molecule is CC[NH+]1CCN(c2cc(=O)n(C3CCCCC3)c(=O)[nH]2)CC1. The van der Waals surface area contributed by atoms with Gasteiger partial charge >= 0.3 is 5.69 Å². The molecule has 3 rings (SSSR count). The molecule has 2 N–H and O–H groups in total. The molecule has 0 spiro atoms. The molecule has 1 aliphatic carbocycles. The van der Waals surface area contributed by atoms with Gasteiger partial charge in [-0.1, -0.05) is 19.3 Å². The van der Waals surface area contributed by atoms with E-state index in [4.69, 9.17) is 0 Å². The highest BCUT2D eigenvalue weighted by molar-refractivity contribution is 5.36. The van der Waals surface area contributed by atoms with Crippen molar-refractivity contribution < 1.29 is 4.90 Å². The zero-order valence-corrected chi connectivity index (χ0v) is 13.4. The third-order valence-electron chi connectivity index (χ3n) is 5.20. The zero-order chi connectivity index (χ0) is 15.5. The monoisotopic (exact) mass is 307 g/mol. The van der Waals surface area contributed by atoms with Crippen molar-refractivity contribution in [3.05, 3.63) is 26.9 Å². The number of quaternary nitrogens is 1. The Balaban J connectivity index is 1.80. The Labute approximate surface area is 130 Å². The van der Waals surface area contributed by atoms with Gasteiger partial charge in [0.2, 0.25) is 0 Å². The van der Waals surface area contributed by atoms with E-state index in [0.29, 0.717) is 5.82 Å². The highest BCUT2D eigenvalue weighted by atomic mass is 16.2.